The quantitative estimate of drug-likeness (QED) is 0.523. The monoisotopic (exact) mass is 274 g/mol. The number of carbonyl (C=O) groups excluding carboxylic acids is 1. The molecule has 0 bridgehead atoms. The Bertz CT molecular complexity index is 221. The van der Waals surface area contributed by atoms with E-state index >= 15 is 0 Å². The van der Waals surface area contributed by atoms with Gasteiger partial charge in [-0.15, -0.1) is 0 Å². The number of hydrogen-bond donors (Lipinski definition) is 2. The van der Waals surface area contributed by atoms with Gasteiger partial charge in [-0.05, 0) is 12.8 Å². The zero-order valence-corrected chi connectivity index (χ0v) is 12.4. The van der Waals surface area contributed by atoms with Gasteiger partial charge in [0.05, 0.1) is 0 Å². The molecule has 0 aliphatic heterocycles. The van der Waals surface area contributed by atoms with E-state index in [1.165, 1.54) is 26.4 Å². The number of amides is 1. The molecule has 0 fully saturated rings. The molecule has 5 heteroatoms. The van der Waals surface area contributed by atoms with Gasteiger partial charge in [-0.25, -0.2) is 0 Å². The van der Waals surface area contributed by atoms with E-state index in [9.17, 15) is 4.79 Å². The summed E-state index contributed by atoms with van der Waals surface area (Å²) in [6, 6.07) is 0. The average molecular weight is 274 g/mol. The first-order chi connectivity index (χ1) is 9.21. The molecule has 0 aromatic carbocycles. The topological polar surface area (TPSA) is 75.8 Å². The third-order valence-corrected chi connectivity index (χ3v) is 3.20. The lowest BCUT2D eigenvalue weighted by Crippen LogP contribution is -2.44. The summed E-state index contributed by atoms with van der Waals surface area (Å²) >= 11 is 0. The second kappa shape index (κ2) is 12.4. The zero-order valence-electron chi connectivity index (χ0n) is 12.4. The number of nitrogens with zero attached hydrogens (tertiary/aromatic N) is 1. The molecule has 0 heterocycles. The maximum Gasteiger partial charge on any atom is 0.253 e. The van der Waals surface area contributed by atoms with Gasteiger partial charge in [0, 0.05) is 33.4 Å². The first-order valence-corrected chi connectivity index (χ1v) is 7.33. The van der Waals surface area contributed by atoms with Crippen molar-refractivity contribution < 1.29 is 14.6 Å². The van der Waals surface area contributed by atoms with Crippen molar-refractivity contribution in [3.8, 4) is 0 Å². The molecule has 0 rings (SSSR count). The summed E-state index contributed by atoms with van der Waals surface area (Å²) in [5.41, 5.74) is 5.52. The molecule has 19 heavy (non-hydrogen) atoms. The van der Waals surface area contributed by atoms with Crippen LogP contribution in [0.4, 0.5) is 0 Å². The van der Waals surface area contributed by atoms with E-state index < -0.39 is 6.10 Å². The van der Waals surface area contributed by atoms with Crippen LogP contribution in [0.1, 0.15) is 45.4 Å². The molecule has 0 radical (unpaired) electrons. The number of nitrogens with two attached hydrogens (primary N) is 1. The van der Waals surface area contributed by atoms with Gasteiger partial charge in [-0.3, -0.25) is 4.79 Å². The summed E-state index contributed by atoms with van der Waals surface area (Å²) in [7, 11) is 1.50. The largest absolute Gasteiger partial charge is 0.396 e. The fourth-order valence-electron chi connectivity index (χ4n) is 2.00. The molecular weight excluding hydrogens is 244 g/mol. The Morgan fingerprint density at radius 1 is 1.21 bits per heavy atom. The van der Waals surface area contributed by atoms with Crippen molar-refractivity contribution in [3.63, 3.8) is 0 Å². The van der Waals surface area contributed by atoms with Gasteiger partial charge in [0.1, 0.15) is 6.10 Å². The number of aliphatic hydroxyl groups is 1. The third kappa shape index (κ3) is 8.18. The van der Waals surface area contributed by atoms with Gasteiger partial charge >= 0.3 is 0 Å². The molecule has 1 amide bonds. The Balaban J connectivity index is 4.16. The van der Waals surface area contributed by atoms with Gasteiger partial charge in [-0.2, -0.15) is 0 Å². The van der Waals surface area contributed by atoms with Crippen molar-refractivity contribution in [2.75, 3.05) is 33.4 Å². The fourth-order valence-corrected chi connectivity index (χ4v) is 2.00. The Morgan fingerprint density at radius 2 is 1.84 bits per heavy atom. The number of aliphatic hydroxyl groups excluding tert-OH is 1. The number of methoxy groups -OCH3 is 1. The highest BCUT2D eigenvalue weighted by Crippen LogP contribution is 2.06. The van der Waals surface area contributed by atoms with Crippen LogP contribution in [0.25, 0.3) is 0 Å². The van der Waals surface area contributed by atoms with Crippen LogP contribution in [-0.2, 0) is 9.53 Å². The minimum absolute atomic E-state index is 0.0612. The molecule has 0 aromatic heterocycles. The summed E-state index contributed by atoms with van der Waals surface area (Å²) in [5.74, 6) is -0.0612. The van der Waals surface area contributed by atoms with Gasteiger partial charge in [0.15, 0.2) is 0 Å². The lowest BCUT2D eigenvalue weighted by atomic mass is 10.1. The Morgan fingerprint density at radius 3 is 2.37 bits per heavy atom. The normalized spacial score (nSPS) is 12.4. The van der Waals surface area contributed by atoms with Crippen LogP contribution in [-0.4, -0.2) is 55.4 Å². The molecular formula is C14H30N2O3. The molecule has 0 saturated carbocycles. The van der Waals surface area contributed by atoms with E-state index in [0.717, 1.165) is 19.4 Å². The lowest BCUT2D eigenvalue weighted by Gasteiger charge is -2.26. The first-order valence-electron chi connectivity index (χ1n) is 7.33. The van der Waals surface area contributed by atoms with Crippen molar-refractivity contribution in [2.45, 2.75) is 51.6 Å². The molecule has 3 N–H and O–H groups in total. The Labute approximate surface area is 117 Å². The summed E-state index contributed by atoms with van der Waals surface area (Å²) in [5, 5.41) is 8.90. The molecule has 1 unspecified atom stereocenters. The van der Waals surface area contributed by atoms with Gasteiger partial charge in [0.2, 0.25) is 0 Å². The van der Waals surface area contributed by atoms with Gasteiger partial charge in [-0.1, -0.05) is 32.6 Å². The van der Waals surface area contributed by atoms with Crippen molar-refractivity contribution in [2.24, 2.45) is 5.73 Å². The lowest BCUT2D eigenvalue weighted by molar-refractivity contribution is -0.141. The van der Waals surface area contributed by atoms with Crippen LogP contribution in [0.2, 0.25) is 0 Å². The number of ether oxygens (including phenoxy) is 1. The summed E-state index contributed by atoms with van der Waals surface area (Å²) in [6.07, 6.45) is 5.84. The van der Waals surface area contributed by atoms with Crippen molar-refractivity contribution in [3.05, 3.63) is 0 Å². The van der Waals surface area contributed by atoms with Gasteiger partial charge in [0.25, 0.3) is 5.91 Å². The summed E-state index contributed by atoms with van der Waals surface area (Å²) in [6.45, 7) is 3.77. The van der Waals surface area contributed by atoms with Crippen LogP contribution in [0, 0.1) is 0 Å². The average Bonchev–Trinajstić information content (AvgIpc) is 2.43. The highest BCUT2D eigenvalue weighted by Gasteiger charge is 2.22. The molecule has 0 spiro atoms. The number of carbonyl (C=O) groups is 1. The van der Waals surface area contributed by atoms with Crippen LogP contribution in [0.15, 0.2) is 0 Å². The van der Waals surface area contributed by atoms with Gasteiger partial charge < -0.3 is 20.5 Å². The van der Waals surface area contributed by atoms with Crippen LogP contribution < -0.4 is 5.73 Å². The predicted octanol–water partition coefficient (Wildman–Crippen LogP) is 1.14. The molecule has 0 saturated heterocycles. The summed E-state index contributed by atoms with van der Waals surface area (Å²) in [4.78, 5) is 13.9. The smallest absolute Gasteiger partial charge is 0.253 e. The number of rotatable bonds is 12. The van der Waals surface area contributed by atoms with Crippen molar-refractivity contribution in [1.29, 1.82) is 0 Å². The predicted molar refractivity (Wildman–Crippen MR) is 76.9 cm³/mol. The summed E-state index contributed by atoms with van der Waals surface area (Å²) < 4.78 is 5.09. The van der Waals surface area contributed by atoms with Crippen molar-refractivity contribution in [1.82, 2.24) is 4.90 Å². The Kier molecular flexibility index (Phi) is 12.0. The van der Waals surface area contributed by atoms with Crippen LogP contribution in [0.5, 0.6) is 0 Å². The van der Waals surface area contributed by atoms with E-state index in [0.29, 0.717) is 13.0 Å². The standard InChI is InChI=1S/C14H30N2O3/c1-3-4-5-6-7-9-16(10-8-11-17)14(18)13(12-15)19-2/h13,17H,3-12,15H2,1-2H3. The van der Waals surface area contributed by atoms with Crippen LogP contribution in [0.3, 0.4) is 0 Å². The second-order valence-corrected chi connectivity index (χ2v) is 4.78. The maximum atomic E-state index is 12.2. The molecule has 0 aliphatic carbocycles. The highest BCUT2D eigenvalue weighted by atomic mass is 16.5. The molecule has 1 atom stereocenters. The number of unbranched alkanes of at least 4 members (excludes halogenated alkanes) is 4. The Hall–Kier alpha value is -0.650. The highest BCUT2D eigenvalue weighted by molar-refractivity contribution is 5.81. The van der Waals surface area contributed by atoms with E-state index in [4.69, 9.17) is 15.6 Å². The first kappa shape index (κ1) is 18.4. The van der Waals surface area contributed by atoms with E-state index in [1.54, 1.807) is 4.90 Å². The second-order valence-electron chi connectivity index (χ2n) is 4.78. The molecule has 0 aromatic rings. The minimum atomic E-state index is -0.561. The SMILES string of the molecule is CCCCCCCN(CCCO)C(=O)C(CN)OC. The third-order valence-electron chi connectivity index (χ3n) is 3.20. The fraction of sp³-hybridized carbons (Fsp3) is 0.929. The zero-order chi connectivity index (χ0) is 14.5. The van der Waals surface area contributed by atoms with Crippen LogP contribution >= 0.6 is 0 Å². The van der Waals surface area contributed by atoms with E-state index in [1.807, 2.05) is 0 Å². The van der Waals surface area contributed by atoms with Crippen molar-refractivity contribution >= 4 is 5.91 Å². The van der Waals surface area contributed by atoms with E-state index in [-0.39, 0.29) is 19.1 Å². The molecule has 114 valence electrons. The molecule has 5 nitrogen and oxygen atoms in total. The molecule has 0 aliphatic rings. The van der Waals surface area contributed by atoms with E-state index in [2.05, 4.69) is 6.92 Å². The minimum Gasteiger partial charge on any atom is -0.396 e. The maximum absolute atomic E-state index is 12.2. The number of hydrogen-bond acceptors (Lipinski definition) is 4.